The molecule has 0 bridgehead atoms. The summed E-state index contributed by atoms with van der Waals surface area (Å²) in [6.07, 6.45) is 80.7. The Morgan fingerprint density at radius 1 is 0.219 bits per heavy atom. The zero-order valence-corrected chi connectivity index (χ0v) is 94.6. The predicted octanol–water partition coefficient (Wildman–Crippen LogP) is 46.5. The Hall–Kier alpha value is -3.18. The first kappa shape index (κ1) is 117. The number of rotatable bonds is 79. The quantitative estimate of drug-likeness (QED) is 0.0282. The van der Waals surface area contributed by atoms with Crippen LogP contribution in [0.5, 0.6) is 0 Å². The van der Waals surface area contributed by atoms with Gasteiger partial charge < -0.3 is 0 Å². The molecule has 2 aromatic carbocycles. The van der Waals surface area contributed by atoms with E-state index < -0.39 is 34.9 Å². The van der Waals surface area contributed by atoms with Crippen LogP contribution in [0.25, 0.3) is 93.1 Å². The Labute approximate surface area is 876 Å². The van der Waals surface area contributed by atoms with Crippen LogP contribution in [0.2, 0.25) is 0 Å². The maximum atomic E-state index is 18.2. The van der Waals surface area contributed by atoms with Gasteiger partial charge in [-0.05, 0) is 140 Å². The van der Waals surface area contributed by atoms with Gasteiger partial charge in [-0.3, -0.25) is 0 Å². The molecule has 0 radical (unpaired) electrons. The average Bonchev–Trinajstić information content (AvgIpc) is 1.61. The molecule has 0 N–H and O–H groups in total. The molecule has 137 heavy (non-hydrogen) atoms. The highest BCUT2D eigenvalue weighted by Crippen LogP contribution is 2.55. The van der Waals surface area contributed by atoms with E-state index in [-0.39, 0.29) is 51.3 Å². The minimum absolute atomic E-state index is 0. The Balaban J connectivity index is 0.0000210. The molecule has 0 aliphatic carbocycles. The van der Waals surface area contributed by atoms with Gasteiger partial charge in [0.05, 0.1) is 63.0 Å². The van der Waals surface area contributed by atoms with Gasteiger partial charge in [0.2, 0.25) is 0 Å². The van der Waals surface area contributed by atoms with Gasteiger partial charge in [-0.25, -0.2) is 26.3 Å². The molecule has 10 aromatic rings. The predicted molar refractivity (Wildman–Crippen MR) is 605 cm³/mol. The summed E-state index contributed by atoms with van der Waals surface area (Å²) in [7, 11) is 0. The van der Waals surface area contributed by atoms with Crippen LogP contribution >= 0.6 is 123 Å². The van der Waals surface area contributed by atoms with Gasteiger partial charge in [-0.1, -0.05) is 474 Å². The lowest BCUT2D eigenvalue weighted by molar-refractivity contribution is 0.400. The standard InChI is InChI=1S/C116H170Br2F6N4S8.CH4/c1-9-17-25-33-41-45-53-61-67-83(65-57-49-37-29-21-13-5)73-87-77-93(99-103(121)105(123)101(109-107(99)125-135-127-109)95-79-89(115(117)133-95)75-85(69-59-51-39-31-23-15-7)71-63-55-47-43-35-27-19-11-3)129-111(87)97-81-91(119)113(131-97)114-92(120)82-98(132-114)112-88(74-84(66-58-50-38-30-22-14-6)68-62-54-46-42-34-26-18-10-2)78-94(130-112)100-104(122)106(124)102(110-108(100)126-136-128-110)96-80-90(116(118)134-96)76-86(70-60-52-40-32-24-16-8)72-64-56-48-44-36-28-20-12-4;/h77-86H,9-76H2,1-8H3;1H4. The van der Waals surface area contributed by atoms with E-state index in [0.717, 1.165) is 179 Å². The number of nitrogens with zero attached hydrogens (tertiary/aromatic N) is 4. The number of thiophene rings is 6. The number of hydrogen-bond acceptors (Lipinski definition) is 12. The van der Waals surface area contributed by atoms with Crippen LogP contribution in [0.1, 0.15) is 496 Å². The van der Waals surface area contributed by atoms with E-state index in [1.54, 1.807) is 12.1 Å². The maximum Gasteiger partial charge on any atom is 0.170 e. The average molecular weight is 2170 g/mol. The normalized spacial score (nSPS) is 12.9. The zero-order chi connectivity index (χ0) is 96.4. The molecule has 0 amide bonds. The largest absolute Gasteiger partial charge is 0.205 e. The summed E-state index contributed by atoms with van der Waals surface area (Å²) in [5.41, 5.74) is 5.86. The molecule has 8 aromatic heterocycles. The molecule has 8 heterocycles. The molecule has 766 valence electrons. The number of hydrogen-bond donors (Lipinski definition) is 0. The van der Waals surface area contributed by atoms with Gasteiger partial charge in [0, 0.05) is 39.0 Å². The van der Waals surface area contributed by atoms with E-state index in [2.05, 4.69) is 99.4 Å². The first-order chi connectivity index (χ1) is 66.6. The molecule has 20 heteroatoms. The van der Waals surface area contributed by atoms with E-state index in [1.807, 2.05) is 12.1 Å². The van der Waals surface area contributed by atoms with E-state index in [4.69, 9.17) is 17.5 Å². The number of aromatic nitrogens is 4. The number of benzene rings is 2. The molecule has 10 rings (SSSR count). The van der Waals surface area contributed by atoms with E-state index >= 15 is 26.3 Å². The molecule has 4 atom stereocenters. The van der Waals surface area contributed by atoms with Crippen molar-refractivity contribution in [1.82, 2.24) is 17.5 Å². The summed E-state index contributed by atoms with van der Waals surface area (Å²) in [5, 5.41) is 0. The van der Waals surface area contributed by atoms with E-state index in [0.29, 0.717) is 76.0 Å². The van der Waals surface area contributed by atoms with Crippen molar-refractivity contribution in [2.75, 3.05) is 0 Å². The molecule has 0 fully saturated rings. The number of halogens is 8. The molecule has 4 unspecified atom stereocenters. The third-order valence-corrected chi connectivity index (χ3v) is 39.2. The molecule has 0 saturated heterocycles. The maximum absolute atomic E-state index is 18.2. The van der Waals surface area contributed by atoms with Crippen LogP contribution in [-0.2, 0) is 25.7 Å². The van der Waals surface area contributed by atoms with Crippen LogP contribution in [0.3, 0.4) is 0 Å². The second kappa shape index (κ2) is 67.6. The minimum Gasteiger partial charge on any atom is -0.205 e. The highest BCUT2D eigenvalue weighted by atomic mass is 79.9. The van der Waals surface area contributed by atoms with Gasteiger partial charge in [0.1, 0.15) is 33.7 Å². The van der Waals surface area contributed by atoms with Crippen molar-refractivity contribution in [2.24, 2.45) is 23.7 Å². The van der Waals surface area contributed by atoms with E-state index in [9.17, 15) is 0 Å². The van der Waals surface area contributed by atoms with Crippen LogP contribution in [-0.4, -0.2) is 17.5 Å². The van der Waals surface area contributed by atoms with Gasteiger partial charge in [-0.15, -0.1) is 68.0 Å². The highest BCUT2D eigenvalue weighted by Gasteiger charge is 2.34. The fourth-order valence-electron chi connectivity index (χ4n) is 21.0. The van der Waals surface area contributed by atoms with Crippen molar-refractivity contribution in [1.29, 1.82) is 0 Å². The lowest BCUT2D eigenvalue weighted by atomic mass is 9.88. The smallest absolute Gasteiger partial charge is 0.170 e. The third kappa shape index (κ3) is 37.9. The number of fused-ring (bicyclic) bond motifs is 2. The summed E-state index contributed by atoms with van der Waals surface area (Å²) >= 11 is 17.9. The summed E-state index contributed by atoms with van der Waals surface area (Å²) in [6, 6.07) is 11.3. The fraction of sp³-hybridized carbons (Fsp3) is 0.692. The van der Waals surface area contributed by atoms with Crippen molar-refractivity contribution in [3.8, 4) is 71.0 Å². The molecule has 0 aliphatic heterocycles. The van der Waals surface area contributed by atoms with E-state index in [1.165, 1.54) is 376 Å². The van der Waals surface area contributed by atoms with Crippen molar-refractivity contribution >= 4 is 145 Å². The van der Waals surface area contributed by atoms with Crippen LogP contribution < -0.4 is 0 Å². The van der Waals surface area contributed by atoms with Crippen molar-refractivity contribution in [3.05, 3.63) is 101 Å². The summed E-state index contributed by atoms with van der Waals surface area (Å²) in [5.74, 6) is -3.41. The van der Waals surface area contributed by atoms with Gasteiger partial charge in [-0.2, -0.15) is 17.5 Å². The first-order valence-electron chi connectivity index (χ1n) is 55.3. The monoisotopic (exact) mass is 2160 g/mol. The molecular weight excluding hydrogens is 1990 g/mol. The molecule has 0 spiro atoms. The first-order valence-corrected chi connectivity index (χ1v) is 63.2. The van der Waals surface area contributed by atoms with Crippen LogP contribution in [0.15, 0.2) is 44.0 Å². The summed E-state index contributed by atoms with van der Waals surface area (Å²) < 4.78 is 130. The van der Waals surface area contributed by atoms with Crippen LogP contribution in [0, 0.1) is 58.6 Å². The lowest BCUT2D eigenvalue weighted by Crippen LogP contribution is -2.05. The second-order valence-electron chi connectivity index (χ2n) is 40.6. The van der Waals surface area contributed by atoms with Gasteiger partial charge in [0.15, 0.2) is 23.3 Å². The highest BCUT2D eigenvalue weighted by molar-refractivity contribution is 9.11. The van der Waals surface area contributed by atoms with Gasteiger partial charge >= 0.3 is 0 Å². The Morgan fingerprint density at radius 3 is 0.606 bits per heavy atom. The summed E-state index contributed by atoms with van der Waals surface area (Å²) in [6.45, 7) is 18.1. The topological polar surface area (TPSA) is 51.6 Å². The zero-order valence-electron chi connectivity index (χ0n) is 84.9. The molecule has 0 saturated carbocycles. The second-order valence-corrected chi connectivity index (χ2v) is 50.6. The summed E-state index contributed by atoms with van der Waals surface area (Å²) in [4.78, 5) is 5.34. The molecule has 0 aliphatic rings. The Morgan fingerprint density at radius 2 is 0.394 bits per heavy atom. The Kier molecular flexibility index (Phi) is 57.9. The van der Waals surface area contributed by atoms with Crippen molar-refractivity contribution in [3.63, 3.8) is 0 Å². The number of unbranched alkanes of at least 4 members (excludes halogenated alkanes) is 48. The molecular formula is C117H174Br2F6N4S8. The van der Waals surface area contributed by atoms with Crippen LogP contribution in [0.4, 0.5) is 26.3 Å². The SMILES string of the molecule is C.CCCCCCCCCCC(CCCCCCCC)Cc1cc(-c2c(F)c(F)c(-c3cc(CC(CCCCCCCC)CCCCCCCCCC)c(-c4cc(F)c(-c5sc(-c6sc(-c7c(F)c(F)c(-c8cc(CC(CCCCCCCC)CCCCCCCCCC)c(Br)s8)c8nsnc78)cc6CC(CCCCCCCC)CCCCCCCCCC)cc5F)s4)s3)c3nsnc23)sc1Br. The molecule has 4 nitrogen and oxygen atoms in total. The van der Waals surface area contributed by atoms with Crippen molar-refractivity contribution < 1.29 is 26.3 Å². The fourth-order valence-corrected chi connectivity index (χ4v) is 30.5. The Bertz CT molecular complexity index is 4640. The third-order valence-electron chi connectivity index (χ3n) is 29.1. The van der Waals surface area contributed by atoms with Gasteiger partial charge in [0.25, 0.3) is 0 Å². The lowest BCUT2D eigenvalue weighted by Gasteiger charge is -2.17. The van der Waals surface area contributed by atoms with Crippen molar-refractivity contribution in [2.45, 2.75) is 499 Å². The minimum atomic E-state index is -0.970.